The fourth-order valence-electron chi connectivity index (χ4n) is 2.03. The Morgan fingerprint density at radius 3 is 2.33 bits per heavy atom. The molecule has 0 radical (unpaired) electrons. The molecule has 0 spiro atoms. The van der Waals surface area contributed by atoms with Crippen LogP contribution in [0, 0.1) is 0 Å². The molecule has 0 unspecified atom stereocenters. The number of rotatable bonds is 5. The summed E-state index contributed by atoms with van der Waals surface area (Å²) in [5.74, 6) is 0.929. The van der Waals surface area contributed by atoms with Gasteiger partial charge in [-0.3, -0.25) is 4.79 Å². The lowest BCUT2D eigenvalue weighted by Gasteiger charge is -2.14. The van der Waals surface area contributed by atoms with Gasteiger partial charge < -0.3 is 5.32 Å². The molecule has 1 N–H and O–H groups in total. The molecule has 1 amide bonds. The van der Waals surface area contributed by atoms with Crippen molar-refractivity contribution in [3.05, 3.63) is 69.7 Å². The largest absolute Gasteiger partial charge is 0.346 e. The number of halogens is 1. The number of carbonyl (C=O) groups excluding carboxylic acids is 1. The normalized spacial score (nSPS) is 12.0. The van der Waals surface area contributed by atoms with Crippen molar-refractivity contribution in [3.63, 3.8) is 0 Å². The Balaban J connectivity index is 2.01. The second-order valence-electron chi connectivity index (χ2n) is 4.88. The van der Waals surface area contributed by atoms with E-state index in [0.717, 1.165) is 15.8 Å². The van der Waals surface area contributed by atoms with Crippen LogP contribution in [-0.2, 0) is 5.75 Å². The first-order chi connectivity index (χ1) is 10.1. The second kappa shape index (κ2) is 7.66. The maximum Gasteiger partial charge on any atom is 0.251 e. The van der Waals surface area contributed by atoms with E-state index < -0.39 is 0 Å². The molecule has 0 aliphatic heterocycles. The Kier molecular flexibility index (Phi) is 5.88. The van der Waals surface area contributed by atoms with E-state index in [1.165, 1.54) is 5.56 Å². The van der Waals surface area contributed by atoms with Crippen LogP contribution in [0.5, 0.6) is 0 Å². The smallest absolute Gasteiger partial charge is 0.251 e. The van der Waals surface area contributed by atoms with Gasteiger partial charge in [-0.25, -0.2) is 0 Å². The average Bonchev–Trinajstić information content (AvgIpc) is 2.49. The summed E-state index contributed by atoms with van der Waals surface area (Å²) in [5, 5.41) is 3.02. The number of carbonyl (C=O) groups is 1. The zero-order valence-electron chi connectivity index (χ0n) is 12.1. The Bertz CT molecular complexity index is 595. The van der Waals surface area contributed by atoms with Gasteiger partial charge in [-0.1, -0.05) is 40.2 Å². The molecule has 0 saturated heterocycles. The molecule has 2 aromatic carbocycles. The van der Waals surface area contributed by atoms with E-state index in [2.05, 4.69) is 27.5 Å². The van der Waals surface area contributed by atoms with Crippen molar-refractivity contribution >= 4 is 33.6 Å². The fraction of sp³-hybridized carbons (Fsp3) is 0.235. The molecular weight excluding hydrogens is 346 g/mol. The van der Waals surface area contributed by atoms with Crippen LogP contribution in [0.2, 0.25) is 0 Å². The van der Waals surface area contributed by atoms with Crippen molar-refractivity contribution in [1.82, 2.24) is 5.32 Å². The molecule has 110 valence electrons. The molecule has 2 aromatic rings. The van der Waals surface area contributed by atoms with Crippen LogP contribution in [0.3, 0.4) is 0 Å². The maximum atomic E-state index is 12.2. The molecule has 2 nitrogen and oxygen atoms in total. The van der Waals surface area contributed by atoms with Crippen molar-refractivity contribution < 1.29 is 4.79 Å². The molecule has 21 heavy (non-hydrogen) atoms. The van der Waals surface area contributed by atoms with Gasteiger partial charge in [-0.2, -0.15) is 11.8 Å². The van der Waals surface area contributed by atoms with Crippen LogP contribution in [0.1, 0.15) is 34.5 Å². The van der Waals surface area contributed by atoms with Crippen molar-refractivity contribution in [2.45, 2.75) is 18.7 Å². The Labute approximate surface area is 138 Å². The van der Waals surface area contributed by atoms with Gasteiger partial charge in [0.25, 0.3) is 5.91 Å². The molecule has 0 aliphatic carbocycles. The number of benzene rings is 2. The summed E-state index contributed by atoms with van der Waals surface area (Å²) >= 11 is 5.19. The van der Waals surface area contributed by atoms with E-state index in [1.807, 2.05) is 55.5 Å². The van der Waals surface area contributed by atoms with E-state index >= 15 is 0 Å². The average molecular weight is 364 g/mol. The van der Waals surface area contributed by atoms with Gasteiger partial charge >= 0.3 is 0 Å². The predicted molar refractivity (Wildman–Crippen MR) is 93.7 cm³/mol. The third kappa shape index (κ3) is 4.61. The van der Waals surface area contributed by atoms with Crippen LogP contribution < -0.4 is 5.32 Å². The zero-order chi connectivity index (χ0) is 15.2. The van der Waals surface area contributed by atoms with Gasteiger partial charge in [0.15, 0.2) is 0 Å². The first-order valence-electron chi connectivity index (χ1n) is 6.74. The number of amides is 1. The molecule has 1 atom stereocenters. The van der Waals surface area contributed by atoms with E-state index in [1.54, 1.807) is 11.8 Å². The molecule has 0 bridgehead atoms. The van der Waals surface area contributed by atoms with Gasteiger partial charge in [-0.05, 0) is 48.6 Å². The summed E-state index contributed by atoms with van der Waals surface area (Å²) in [6.45, 7) is 1.99. The standard InChI is InChI=1S/C17H18BrNOS/c1-12(14-7-9-16(18)10-8-14)19-17(20)15-5-3-13(4-6-15)11-21-2/h3-10,12H,11H2,1-2H3,(H,19,20)/t12-/m1/s1. The summed E-state index contributed by atoms with van der Waals surface area (Å²) < 4.78 is 1.04. The lowest BCUT2D eigenvalue weighted by Crippen LogP contribution is -2.26. The molecule has 0 aliphatic rings. The Hall–Kier alpha value is -1.26. The van der Waals surface area contributed by atoms with E-state index in [0.29, 0.717) is 5.56 Å². The van der Waals surface area contributed by atoms with Gasteiger partial charge in [0.1, 0.15) is 0 Å². The quantitative estimate of drug-likeness (QED) is 0.826. The summed E-state index contributed by atoms with van der Waals surface area (Å²) in [7, 11) is 0. The molecule has 0 heterocycles. The number of nitrogens with one attached hydrogen (secondary N) is 1. The van der Waals surface area contributed by atoms with Crippen LogP contribution in [0.25, 0.3) is 0 Å². The first kappa shape index (κ1) is 16.1. The highest BCUT2D eigenvalue weighted by Gasteiger charge is 2.11. The third-order valence-electron chi connectivity index (χ3n) is 3.24. The van der Waals surface area contributed by atoms with Crippen molar-refractivity contribution in [3.8, 4) is 0 Å². The Morgan fingerprint density at radius 1 is 1.14 bits per heavy atom. The van der Waals surface area contributed by atoms with Crippen LogP contribution >= 0.6 is 27.7 Å². The van der Waals surface area contributed by atoms with Crippen molar-refractivity contribution in [2.75, 3.05) is 6.26 Å². The van der Waals surface area contributed by atoms with E-state index in [9.17, 15) is 4.79 Å². The number of hydrogen-bond donors (Lipinski definition) is 1. The van der Waals surface area contributed by atoms with Gasteiger partial charge in [0.05, 0.1) is 6.04 Å². The zero-order valence-corrected chi connectivity index (χ0v) is 14.5. The summed E-state index contributed by atoms with van der Waals surface area (Å²) in [6.07, 6.45) is 2.07. The van der Waals surface area contributed by atoms with E-state index in [4.69, 9.17) is 0 Å². The predicted octanol–water partition coefficient (Wildman–Crippen LogP) is 4.80. The molecule has 4 heteroatoms. The lowest BCUT2D eigenvalue weighted by molar-refractivity contribution is 0.0940. The third-order valence-corrected chi connectivity index (χ3v) is 4.40. The number of hydrogen-bond acceptors (Lipinski definition) is 2. The van der Waals surface area contributed by atoms with Crippen molar-refractivity contribution in [1.29, 1.82) is 0 Å². The van der Waals surface area contributed by atoms with Crippen LogP contribution in [-0.4, -0.2) is 12.2 Å². The minimum atomic E-state index is -0.0406. The van der Waals surface area contributed by atoms with Gasteiger partial charge in [0, 0.05) is 15.8 Å². The van der Waals surface area contributed by atoms with Crippen LogP contribution in [0.15, 0.2) is 53.0 Å². The lowest BCUT2D eigenvalue weighted by atomic mass is 10.1. The van der Waals surface area contributed by atoms with Crippen LogP contribution in [0.4, 0.5) is 0 Å². The topological polar surface area (TPSA) is 29.1 Å². The Morgan fingerprint density at radius 2 is 1.76 bits per heavy atom. The van der Waals surface area contributed by atoms with Gasteiger partial charge in [0.2, 0.25) is 0 Å². The number of thioether (sulfide) groups is 1. The summed E-state index contributed by atoms with van der Waals surface area (Å²) in [6, 6.07) is 15.8. The molecular formula is C17H18BrNOS. The molecule has 0 fully saturated rings. The molecule has 0 saturated carbocycles. The SMILES string of the molecule is CSCc1ccc(C(=O)N[C@H](C)c2ccc(Br)cc2)cc1. The fourth-order valence-corrected chi connectivity index (χ4v) is 2.82. The highest BCUT2D eigenvalue weighted by molar-refractivity contribution is 9.10. The summed E-state index contributed by atoms with van der Waals surface area (Å²) in [5.41, 5.74) is 3.02. The maximum absolute atomic E-state index is 12.2. The van der Waals surface area contributed by atoms with E-state index in [-0.39, 0.29) is 11.9 Å². The highest BCUT2D eigenvalue weighted by atomic mass is 79.9. The first-order valence-corrected chi connectivity index (χ1v) is 8.93. The second-order valence-corrected chi connectivity index (χ2v) is 6.66. The molecule has 0 aromatic heterocycles. The molecule has 2 rings (SSSR count). The monoisotopic (exact) mass is 363 g/mol. The summed E-state index contributed by atoms with van der Waals surface area (Å²) in [4.78, 5) is 12.2. The van der Waals surface area contributed by atoms with Gasteiger partial charge in [-0.15, -0.1) is 0 Å². The highest BCUT2D eigenvalue weighted by Crippen LogP contribution is 2.17. The minimum Gasteiger partial charge on any atom is -0.346 e. The van der Waals surface area contributed by atoms with Crippen molar-refractivity contribution in [2.24, 2.45) is 0 Å². The minimum absolute atomic E-state index is 0.0172.